The van der Waals surface area contributed by atoms with Gasteiger partial charge in [-0.25, -0.2) is 4.79 Å². The summed E-state index contributed by atoms with van der Waals surface area (Å²) >= 11 is 1.31. The smallest absolute Gasteiger partial charge is 0.341 e. The summed E-state index contributed by atoms with van der Waals surface area (Å²) in [6.07, 6.45) is 1.60. The predicted molar refractivity (Wildman–Crippen MR) is 114 cm³/mol. The summed E-state index contributed by atoms with van der Waals surface area (Å²) in [7, 11) is 0. The van der Waals surface area contributed by atoms with Crippen molar-refractivity contribution >= 4 is 34.1 Å². The van der Waals surface area contributed by atoms with E-state index in [1.807, 2.05) is 31.4 Å². The first-order chi connectivity index (χ1) is 13.9. The zero-order valence-electron chi connectivity index (χ0n) is 17.0. The molecule has 0 aliphatic carbocycles. The van der Waals surface area contributed by atoms with Crippen LogP contribution in [0.4, 0.5) is 5.00 Å². The number of aryl methyl sites for hydroxylation is 2. The Morgan fingerprint density at radius 2 is 2.03 bits per heavy atom. The molecule has 1 saturated heterocycles. The molecule has 154 valence electrons. The lowest BCUT2D eigenvalue weighted by molar-refractivity contribution is -0.128. The first-order valence-corrected chi connectivity index (χ1v) is 10.7. The van der Waals surface area contributed by atoms with Crippen molar-refractivity contribution in [3.63, 3.8) is 0 Å². The molecule has 3 rings (SSSR count). The summed E-state index contributed by atoms with van der Waals surface area (Å²) in [5, 5.41) is 5.21. The van der Waals surface area contributed by atoms with Gasteiger partial charge < -0.3 is 15.0 Å². The topological polar surface area (TPSA) is 75.7 Å². The van der Waals surface area contributed by atoms with E-state index >= 15 is 0 Å². The zero-order valence-corrected chi connectivity index (χ0v) is 17.9. The van der Waals surface area contributed by atoms with Crippen LogP contribution in [0.5, 0.6) is 0 Å². The van der Waals surface area contributed by atoms with Gasteiger partial charge in [-0.15, -0.1) is 11.3 Å². The number of anilines is 1. The van der Waals surface area contributed by atoms with Crippen LogP contribution < -0.4 is 5.32 Å². The molecule has 0 saturated carbocycles. The molecule has 0 unspecified atom stereocenters. The van der Waals surface area contributed by atoms with Gasteiger partial charge in [0, 0.05) is 36.9 Å². The molecular formula is C22H26N2O4S. The van der Waals surface area contributed by atoms with Gasteiger partial charge >= 0.3 is 5.97 Å². The van der Waals surface area contributed by atoms with E-state index in [1.54, 1.807) is 11.8 Å². The van der Waals surface area contributed by atoms with Crippen LogP contribution in [-0.4, -0.2) is 42.4 Å². The highest BCUT2D eigenvalue weighted by molar-refractivity contribution is 7.15. The highest BCUT2D eigenvalue weighted by atomic mass is 32.1. The van der Waals surface area contributed by atoms with Gasteiger partial charge in [0.2, 0.25) is 11.8 Å². The fourth-order valence-corrected chi connectivity index (χ4v) is 4.50. The number of hydrogen-bond donors (Lipinski definition) is 1. The fraction of sp³-hybridized carbons (Fsp3) is 0.409. The number of carbonyl (C=O) groups is 3. The molecule has 29 heavy (non-hydrogen) atoms. The van der Waals surface area contributed by atoms with Gasteiger partial charge in [0.25, 0.3) is 0 Å². The molecule has 2 aromatic rings. The number of ether oxygens (including phenoxy) is 1. The Morgan fingerprint density at radius 1 is 1.24 bits per heavy atom. The molecule has 2 amide bonds. The van der Waals surface area contributed by atoms with Gasteiger partial charge in [-0.1, -0.05) is 23.8 Å². The second kappa shape index (κ2) is 9.22. The van der Waals surface area contributed by atoms with E-state index < -0.39 is 5.97 Å². The summed E-state index contributed by atoms with van der Waals surface area (Å²) in [4.78, 5) is 38.6. The van der Waals surface area contributed by atoms with E-state index in [2.05, 4.69) is 11.4 Å². The van der Waals surface area contributed by atoms with Gasteiger partial charge in [0.1, 0.15) is 10.6 Å². The number of esters is 1. The van der Waals surface area contributed by atoms with Gasteiger partial charge in [-0.2, -0.15) is 0 Å². The third-order valence-electron chi connectivity index (χ3n) is 4.98. The molecule has 7 heteroatoms. The Hall–Kier alpha value is -2.67. The molecule has 2 heterocycles. The van der Waals surface area contributed by atoms with Gasteiger partial charge in [-0.05, 0) is 38.3 Å². The number of likely N-dealkylation sites (tertiary alicyclic amines) is 1. The standard InChI is InChI=1S/C22H26N2O4S/c1-4-28-22(27)20-17(16-8-7-14(2)12-15(16)3)13-29-21(20)23-18(25)9-11-24-10-5-6-19(24)26/h7-8,12-13H,4-6,9-11H2,1-3H3,(H,23,25). The van der Waals surface area contributed by atoms with E-state index in [0.717, 1.165) is 28.7 Å². The molecule has 1 aliphatic rings. The molecule has 0 radical (unpaired) electrons. The molecule has 1 aromatic heterocycles. The van der Waals surface area contributed by atoms with Crippen LogP contribution >= 0.6 is 11.3 Å². The largest absolute Gasteiger partial charge is 0.462 e. The number of nitrogens with zero attached hydrogens (tertiary/aromatic N) is 1. The van der Waals surface area contributed by atoms with Crippen LogP contribution in [0, 0.1) is 13.8 Å². The van der Waals surface area contributed by atoms with Crippen LogP contribution in [0.1, 0.15) is 47.7 Å². The molecular weight excluding hydrogens is 388 g/mol. The molecule has 1 fully saturated rings. The minimum Gasteiger partial charge on any atom is -0.462 e. The van der Waals surface area contributed by atoms with E-state index in [-0.39, 0.29) is 24.8 Å². The average Bonchev–Trinajstić information content (AvgIpc) is 3.26. The maximum atomic E-state index is 12.7. The number of hydrogen-bond acceptors (Lipinski definition) is 5. The lowest BCUT2D eigenvalue weighted by Gasteiger charge is -2.15. The minimum absolute atomic E-state index is 0.0956. The van der Waals surface area contributed by atoms with Crippen LogP contribution in [-0.2, 0) is 14.3 Å². The monoisotopic (exact) mass is 414 g/mol. The second-order valence-electron chi connectivity index (χ2n) is 7.17. The van der Waals surface area contributed by atoms with Gasteiger partial charge in [0.15, 0.2) is 0 Å². The molecule has 0 spiro atoms. The Bertz CT molecular complexity index is 935. The molecule has 0 atom stereocenters. The highest BCUT2D eigenvalue weighted by Gasteiger charge is 2.25. The number of carbonyl (C=O) groups excluding carboxylic acids is 3. The third kappa shape index (κ3) is 4.85. The summed E-state index contributed by atoms with van der Waals surface area (Å²) in [5.74, 6) is -0.573. The number of benzene rings is 1. The highest BCUT2D eigenvalue weighted by Crippen LogP contribution is 2.38. The van der Waals surface area contributed by atoms with Crippen molar-refractivity contribution in [2.24, 2.45) is 0 Å². The predicted octanol–water partition coefficient (Wildman–Crippen LogP) is 4.16. The van der Waals surface area contributed by atoms with Crippen molar-refractivity contribution in [1.29, 1.82) is 0 Å². The zero-order chi connectivity index (χ0) is 21.0. The molecule has 1 aliphatic heterocycles. The Balaban J connectivity index is 1.82. The van der Waals surface area contributed by atoms with Gasteiger partial charge in [0.05, 0.1) is 6.61 Å². The lowest BCUT2D eigenvalue weighted by atomic mass is 9.97. The van der Waals surface area contributed by atoms with Crippen LogP contribution in [0.2, 0.25) is 0 Å². The van der Waals surface area contributed by atoms with Crippen molar-refractivity contribution < 1.29 is 19.1 Å². The van der Waals surface area contributed by atoms with Crippen LogP contribution in [0.15, 0.2) is 23.6 Å². The Morgan fingerprint density at radius 3 is 2.69 bits per heavy atom. The van der Waals surface area contributed by atoms with Crippen molar-refractivity contribution in [2.75, 3.05) is 25.0 Å². The van der Waals surface area contributed by atoms with Crippen LogP contribution in [0.3, 0.4) is 0 Å². The first kappa shape index (κ1) is 21.0. The minimum atomic E-state index is -0.450. The average molecular weight is 415 g/mol. The SMILES string of the molecule is CCOC(=O)c1c(-c2ccc(C)cc2C)csc1NC(=O)CCN1CCCC1=O. The number of thiophene rings is 1. The van der Waals surface area contributed by atoms with E-state index in [9.17, 15) is 14.4 Å². The van der Waals surface area contributed by atoms with Crippen molar-refractivity contribution in [3.05, 3.63) is 40.3 Å². The number of amides is 2. The first-order valence-electron chi connectivity index (χ1n) is 9.84. The third-order valence-corrected chi connectivity index (χ3v) is 5.87. The van der Waals surface area contributed by atoms with Gasteiger partial charge in [-0.3, -0.25) is 9.59 Å². The maximum Gasteiger partial charge on any atom is 0.341 e. The molecule has 0 bridgehead atoms. The Kier molecular flexibility index (Phi) is 6.69. The molecule has 1 aromatic carbocycles. The van der Waals surface area contributed by atoms with Crippen molar-refractivity contribution in [3.8, 4) is 11.1 Å². The number of rotatable bonds is 7. The molecule has 1 N–H and O–H groups in total. The van der Waals surface area contributed by atoms with Crippen molar-refractivity contribution in [1.82, 2.24) is 4.90 Å². The fourth-order valence-electron chi connectivity index (χ4n) is 3.54. The summed E-state index contributed by atoms with van der Waals surface area (Å²) in [6, 6.07) is 6.05. The van der Waals surface area contributed by atoms with E-state index in [0.29, 0.717) is 30.1 Å². The normalized spacial score (nSPS) is 13.6. The second-order valence-corrected chi connectivity index (χ2v) is 8.05. The van der Waals surface area contributed by atoms with E-state index in [1.165, 1.54) is 11.3 Å². The quantitative estimate of drug-likeness (QED) is 0.690. The summed E-state index contributed by atoms with van der Waals surface area (Å²) in [6.45, 7) is 7.14. The van der Waals surface area contributed by atoms with Crippen molar-refractivity contribution in [2.45, 2.75) is 40.0 Å². The Labute approximate surface area is 174 Å². The van der Waals surface area contributed by atoms with Crippen LogP contribution in [0.25, 0.3) is 11.1 Å². The number of nitrogens with one attached hydrogen (secondary N) is 1. The summed E-state index contributed by atoms with van der Waals surface area (Å²) in [5.41, 5.74) is 4.28. The summed E-state index contributed by atoms with van der Waals surface area (Å²) < 4.78 is 5.25. The molecule has 6 nitrogen and oxygen atoms in total. The van der Waals surface area contributed by atoms with E-state index in [4.69, 9.17) is 4.74 Å². The lowest BCUT2D eigenvalue weighted by Crippen LogP contribution is -2.28. The maximum absolute atomic E-state index is 12.7.